The van der Waals surface area contributed by atoms with E-state index in [1.165, 1.54) is 31.1 Å². The van der Waals surface area contributed by atoms with Crippen LogP contribution in [0, 0.1) is 11.3 Å². The molecule has 2 aromatic rings. The van der Waals surface area contributed by atoms with Crippen molar-refractivity contribution in [2.45, 2.75) is 37.1 Å². The topological polar surface area (TPSA) is 111 Å². The van der Waals surface area contributed by atoms with Crippen LogP contribution in [0.4, 0.5) is 5.69 Å². The van der Waals surface area contributed by atoms with Crippen molar-refractivity contribution in [1.29, 1.82) is 5.26 Å². The lowest BCUT2D eigenvalue weighted by molar-refractivity contribution is -0.125. The number of para-hydroxylation sites is 1. The van der Waals surface area contributed by atoms with Gasteiger partial charge in [0, 0.05) is 39.2 Å². The van der Waals surface area contributed by atoms with Gasteiger partial charge in [-0.25, -0.2) is 12.7 Å². The number of nitriles is 1. The maximum Gasteiger partial charge on any atom is 0.242 e. The molecule has 170 valence electrons. The van der Waals surface area contributed by atoms with Gasteiger partial charge in [0.2, 0.25) is 21.8 Å². The van der Waals surface area contributed by atoms with Crippen molar-refractivity contribution >= 4 is 27.5 Å². The van der Waals surface area contributed by atoms with Crippen molar-refractivity contribution in [3.05, 3.63) is 60.2 Å². The minimum Gasteiger partial charge on any atom is -0.350 e. The molecule has 0 radical (unpaired) electrons. The van der Waals surface area contributed by atoms with Crippen molar-refractivity contribution in [1.82, 2.24) is 9.62 Å². The molecule has 0 aliphatic heterocycles. The van der Waals surface area contributed by atoms with Gasteiger partial charge >= 0.3 is 0 Å². The molecule has 0 aromatic heterocycles. The van der Waals surface area contributed by atoms with Crippen LogP contribution in [0.3, 0.4) is 0 Å². The third kappa shape index (κ3) is 6.64. The average Bonchev–Trinajstić information content (AvgIpc) is 2.78. The van der Waals surface area contributed by atoms with Crippen molar-refractivity contribution in [3.63, 3.8) is 0 Å². The minimum atomic E-state index is -3.51. The number of carbonyl (C=O) groups is 2. The van der Waals surface area contributed by atoms with E-state index < -0.39 is 10.0 Å². The fourth-order valence-electron chi connectivity index (χ4n) is 3.06. The summed E-state index contributed by atoms with van der Waals surface area (Å²) in [7, 11) is -0.585. The van der Waals surface area contributed by atoms with E-state index in [9.17, 15) is 18.0 Å². The molecule has 0 bridgehead atoms. The van der Waals surface area contributed by atoms with Gasteiger partial charge in [-0.05, 0) is 36.8 Å². The van der Waals surface area contributed by atoms with E-state index in [4.69, 9.17) is 5.26 Å². The van der Waals surface area contributed by atoms with Gasteiger partial charge in [-0.1, -0.05) is 30.3 Å². The van der Waals surface area contributed by atoms with E-state index in [2.05, 4.69) is 5.32 Å². The third-order valence-electron chi connectivity index (χ3n) is 4.92. The van der Waals surface area contributed by atoms with Crippen LogP contribution in [0.1, 0.15) is 37.8 Å². The molecule has 32 heavy (non-hydrogen) atoms. The molecule has 9 heteroatoms. The predicted molar refractivity (Wildman–Crippen MR) is 122 cm³/mol. The lowest BCUT2D eigenvalue weighted by Crippen LogP contribution is -2.33. The van der Waals surface area contributed by atoms with Crippen LogP contribution in [0.25, 0.3) is 0 Å². The van der Waals surface area contributed by atoms with Crippen molar-refractivity contribution in [3.8, 4) is 6.07 Å². The second-order valence-electron chi connectivity index (χ2n) is 7.43. The van der Waals surface area contributed by atoms with E-state index in [1.54, 1.807) is 31.2 Å². The summed E-state index contributed by atoms with van der Waals surface area (Å²) >= 11 is 0. The maximum absolute atomic E-state index is 12.7. The number of hydrogen-bond acceptors (Lipinski definition) is 5. The number of hydrogen-bond donors (Lipinski definition) is 1. The van der Waals surface area contributed by atoms with E-state index >= 15 is 0 Å². The molecule has 2 amide bonds. The standard InChI is InChI=1S/C23H28N4O4S/c1-18(19-10-12-21(13-11-19)32(30,31)26(2)3)25-22(28)14-15-23(29)27(17-7-16-24)20-8-5-4-6-9-20/h4-6,8-13,18H,7,14-15,17H2,1-3H3,(H,25,28). The lowest BCUT2D eigenvalue weighted by atomic mass is 10.1. The molecule has 1 atom stereocenters. The summed E-state index contributed by atoms with van der Waals surface area (Å²) in [4.78, 5) is 26.7. The van der Waals surface area contributed by atoms with Crippen LogP contribution in [-0.2, 0) is 19.6 Å². The number of sulfonamides is 1. The normalized spacial score (nSPS) is 12.1. The Morgan fingerprint density at radius 1 is 1.03 bits per heavy atom. The van der Waals surface area contributed by atoms with Gasteiger partial charge < -0.3 is 10.2 Å². The van der Waals surface area contributed by atoms with E-state index in [-0.39, 0.29) is 48.6 Å². The fraction of sp³-hybridized carbons (Fsp3) is 0.348. The van der Waals surface area contributed by atoms with Crippen LogP contribution < -0.4 is 10.2 Å². The number of carbonyl (C=O) groups excluding carboxylic acids is 2. The molecule has 0 aliphatic carbocycles. The summed E-state index contributed by atoms with van der Waals surface area (Å²) in [5.74, 6) is -0.517. The monoisotopic (exact) mass is 456 g/mol. The number of anilines is 1. The van der Waals surface area contributed by atoms with Gasteiger partial charge in [-0.15, -0.1) is 0 Å². The van der Waals surface area contributed by atoms with Crippen LogP contribution in [0.2, 0.25) is 0 Å². The molecule has 1 N–H and O–H groups in total. The zero-order valence-electron chi connectivity index (χ0n) is 18.5. The van der Waals surface area contributed by atoms with Gasteiger partial charge in [0.1, 0.15) is 0 Å². The van der Waals surface area contributed by atoms with Gasteiger partial charge in [0.15, 0.2) is 0 Å². The molecule has 0 fully saturated rings. The zero-order valence-corrected chi connectivity index (χ0v) is 19.3. The first-order valence-corrected chi connectivity index (χ1v) is 11.6. The Kier molecular flexibility index (Phi) is 8.93. The Balaban J connectivity index is 1.95. The van der Waals surface area contributed by atoms with Gasteiger partial charge in [0.05, 0.1) is 23.4 Å². The van der Waals surface area contributed by atoms with Crippen molar-refractivity contribution in [2.75, 3.05) is 25.5 Å². The molecule has 2 aromatic carbocycles. The summed E-state index contributed by atoms with van der Waals surface area (Å²) < 4.78 is 25.5. The van der Waals surface area contributed by atoms with E-state index in [0.717, 1.165) is 9.87 Å². The highest BCUT2D eigenvalue weighted by atomic mass is 32.2. The summed E-state index contributed by atoms with van der Waals surface area (Å²) in [5.41, 5.74) is 1.44. The van der Waals surface area contributed by atoms with Gasteiger partial charge in [-0.2, -0.15) is 5.26 Å². The highest BCUT2D eigenvalue weighted by Crippen LogP contribution is 2.19. The molecule has 8 nitrogen and oxygen atoms in total. The second kappa shape index (κ2) is 11.4. The number of nitrogens with zero attached hydrogens (tertiary/aromatic N) is 3. The Labute approximate surface area is 189 Å². The molecule has 0 spiro atoms. The molecule has 0 aliphatic rings. The highest BCUT2D eigenvalue weighted by Gasteiger charge is 2.19. The smallest absolute Gasteiger partial charge is 0.242 e. The maximum atomic E-state index is 12.7. The van der Waals surface area contributed by atoms with Crippen LogP contribution in [-0.4, -0.2) is 45.2 Å². The number of rotatable bonds is 10. The highest BCUT2D eigenvalue weighted by molar-refractivity contribution is 7.89. The summed E-state index contributed by atoms with van der Waals surface area (Å²) in [6, 6.07) is 17.1. The lowest BCUT2D eigenvalue weighted by Gasteiger charge is -2.22. The number of benzene rings is 2. The summed E-state index contributed by atoms with van der Waals surface area (Å²) in [6.07, 6.45) is 0.217. The number of amides is 2. The zero-order chi connectivity index (χ0) is 23.7. The van der Waals surface area contributed by atoms with Crippen LogP contribution >= 0.6 is 0 Å². The Bertz CT molecular complexity index is 1060. The summed E-state index contributed by atoms with van der Waals surface area (Å²) in [5, 5.41) is 11.7. The minimum absolute atomic E-state index is 0.00610. The van der Waals surface area contributed by atoms with Crippen molar-refractivity contribution < 1.29 is 18.0 Å². The quantitative estimate of drug-likeness (QED) is 0.591. The number of nitrogens with one attached hydrogen (secondary N) is 1. The first-order chi connectivity index (χ1) is 15.2. The predicted octanol–water partition coefficient (Wildman–Crippen LogP) is 2.84. The first-order valence-electron chi connectivity index (χ1n) is 10.2. The first kappa shape index (κ1) is 25.0. The second-order valence-corrected chi connectivity index (χ2v) is 9.59. The Morgan fingerprint density at radius 3 is 2.22 bits per heavy atom. The molecule has 0 heterocycles. The van der Waals surface area contributed by atoms with Gasteiger partial charge in [0.25, 0.3) is 0 Å². The van der Waals surface area contributed by atoms with Crippen molar-refractivity contribution in [2.24, 2.45) is 0 Å². The molecule has 1 unspecified atom stereocenters. The van der Waals surface area contributed by atoms with Gasteiger partial charge in [-0.3, -0.25) is 9.59 Å². The average molecular weight is 457 g/mol. The van der Waals surface area contributed by atoms with E-state index in [0.29, 0.717) is 5.69 Å². The van der Waals surface area contributed by atoms with Crippen LogP contribution in [0.15, 0.2) is 59.5 Å². The molecule has 2 rings (SSSR count). The fourth-order valence-corrected chi connectivity index (χ4v) is 3.96. The summed E-state index contributed by atoms with van der Waals surface area (Å²) in [6.45, 7) is 2.05. The Hall–Kier alpha value is -3.22. The SMILES string of the molecule is CC(NC(=O)CCC(=O)N(CCC#N)c1ccccc1)c1ccc(S(=O)(=O)N(C)C)cc1. The Morgan fingerprint density at radius 2 is 1.66 bits per heavy atom. The van der Waals surface area contributed by atoms with Crippen LogP contribution in [0.5, 0.6) is 0 Å². The largest absolute Gasteiger partial charge is 0.350 e. The molecular weight excluding hydrogens is 428 g/mol. The third-order valence-corrected chi connectivity index (χ3v) is 6.75. The molecule has 0 saturated carbocycles. The van der Waals surface area contributed by atoms with E-state index in [1.807, 2.05) is 24.3 Å². The molecule has 0 saturated heterocycles. The molecular formula is C23H28N4O4S.